The van der Waals surface area contributed by atoms with Crippen LogP contribution in [0.15, 0.2) is 43.2 Å². The molecular formula is C15H18N4O3. The normalized spacial score (nSPS) is 11.4. The number of hydroxylamine groups is 1. The van der Waals surface area contributed by atoms with Crippen LogP contribution >= 0.6 is 0 Å². The van der Waals surface area contributed by atoms with Crippen molar-refractivity contribution in [3.05, 3.63) is 48.8 Å². The van der Waals surface area contributed by atoms with Gasteiger partial charge in [-0.05, 0) is 25.0 Å². The second kappa shape index (κ2) is 8.58. The summed E-state index contributed by atoms with van der Waals surface area (Å²) in [6, 6.07) is 3.75. The Morgan fingerprint density at radius 2 is 2.27 bits per heavy atom. The molecule has 0 aliphatic carbocycles. The number of carbonyl (C=O) groups is 1. The SMILES string of the molecule is O=C(O)CCCCONC(=Cn1ccnc1)c1cccnc1. The fourth-order valence-electron chi connectivity index (χ4n) is 1.76. The number of nitrogens with zero attached hydrogens (tertiary/aromatic N) is 3. The molecule has 7 nitrogen and oxygen atoms in total. The van der Waals surface area contributed by atoms with Gasteiger partial charge in [-0.15, -0.1) is 0 Å². The summed E-state index contributed by atoms with van der Waals surface area (Å²) in [7, 11) is 0. The van der Waals surface area contributed by atoms with Crippen molar-refractivity contribution in [1.82, 2.24) is 20.0 Å². The lowest BCUT2D eigenvalue weighted by Crippen LogP contribution is -2.15. The van der Waals surface area contributed by atoms with Gasteiger partial charge in [-0.1, -0.05) is 0 Å². The zero-order valence-corrected chi connectivity index (χ0v) is 12.1. The molecule has 0 atom stereocenters. The van der Waals surface area contributed by atoms with Crippen molar-refractivity contribution in [3.63, 3.8) is 0 Å². The predicted molar refractivity (Wildman–Crippen MR) is 81.2 cm³/mol. The van der Waals surface area contributed by atoms with Crippen LogP contribution in [0.5, 0.6) is 0 Å². The largest absolute Gasteiger partial charge is 0.481 e. The van der Waals surface area contributed by atoms with Gasteiger partial charge in [0.2, 0.25) is 0 Å². The van der Waals surface area contributed by atoms with Gasteiger partial charge >= 0.3 is 5.97 Å². The number of rotatable bonds is 9. The minimum Gasteiger partial charge on any atom is -0.481 e. The number of hydrogen-bond acceptors (Lipinski definition) is 5. The van der Waals surface area contributed by atoms with Gasteiger partial charge in [-0.2, -0.15) is 0 Å². The number of pyridine rings is 1. The molecule has 0 spiro atoms. The van der Waals surface area contributed by atoms with Crippen molar-refractivity contribution in [3.8, 4) is 0 Å². The molecule has 0 saturated heterocycles. The molecule has 116 valence electrons. The quantitative estimate of drug-likeness (QED) is 0.544. The molecule has 0 radical (unpaired) electrons. The molecule has 7 heteroatoms. The molecule has 0 fully saturated rings. The Balaban J connectivity index is 1.90. The Morgan fingerprint density at radius 1 is 1.36 bits per heavy atom. The first kappa shape index (κ1) is 15.7. The molecule has 22 heavy (non-hydrogen) atoms. The van der Waals surface area contributed by atoms with Crippen LogP contribution in [0.4, 0.5) is 0 Å². The Kier molecular flexibility index (Phi) is 6.13. The van der Waals surface area contributed by atoms with Gasteiger partial charge in [0.05, 0.1) is 18.6 Å². The zero-order chi connectivity index (χ0) is 15.6. The molecule has 0 aliphatic rings. The van der Waals surface area contributed by atoms with Crippen LogP contribution in [-0.4, -0.2) is 32.2 Å². The third-order valence-corrected chi connectivity index (χ3v) is 2.84. The van der Waals surface area contributed by atoms with E-state index in [-0.39, 0.29) is 6.42 Å². The highest BCUT2D eigenvalue weighted by molar-refractivity contribution is 5.72. The van der Waals surface area contributed by atoms with Crippen molar-refractivity contribution in [2.75, 3.05) is 6.61 Å². The molecule has 2 N–H and O–H groups in total. The van der Waals surface area contributed by atoms with E-state index in [4.69, 9.17) is 9.94 Å². The average molecular weight is 302 g/mol. The molecule has 2 rings (SSSR count). The van der Waals surface area contributed by atoms with Crippen LogP contribution in [0.1, 0.15) is 24.8 Å². The van der Waals surface area contributed by atoms with Crippen LogP contribution in [0.2, 0.25) is 0 Å². The maximum absolute atomic E-state index is 10.4. The number of imidazole rings is 1. The third-order valence-electron chi connectivity index (χ3n) is 2.84. The van der Waals surface area contributed by atoms with Gasteiger partial charge < -0.3 is 9.67 Å². The number of carboxylic acids is 1. The smallest absolute Gasteiger partial charge is 0.303 e. The van der Waals surface area contributed by atoms with E-state index in [2.05, 4.69) is 15.4 Å². The Bertz CT molecular complexity index is 597. The summed E-state index contributed by atoms with van der Waals surface area (Å²) in [5, 5.41) is 8.57. The Hall–Kier alpha value is -2.67. The van der Waals surface area contributed by atoms with E-state index in [0.717, 1.165) is 11.3 Å². The lowest BCUT2D eigenvalue weighted by molar-refractivity contribution is -0.137. The minimum atomic E-state index is -0.788. The molecule has 0 aromatic carbocycles. The summed E-state index contributed by atoms with van der Waals surface area (Å²) in [5.74, 6) is -0.788. The molecule has 2 heterocycles. The first-order valence-electron chi connectivity index (χ1n) is 6.95. The summed E-state index contributed by atoms with van der Waals surface area (Å²) < 4.78 is 1.79. The molecule has 0 saturated carbocycles. The number of unbranched alkanes of at least 4 members (excludes halogenated alkanes) is 1. The summed E-state index contributed by atoms with van der Waals surface area (Å²) in [4.78, 5) is 23.9. The van der Waals surface area contributed by atoms with E-state index in [9.17, 15) is 4.79 Å². The van der Waals surface area contributed by atoms with Gasteiger partial charge in [0, 0.05) is 43.0 Å². The fraction of sp³-hybridized carbons (Fsp3) is 0.267. The summed E-state index contributed by atoms with van der Waals surface area (Å²) in [6.07, 6.45) is 11.8. The van der Waals surface area contributed by atoms with Crippen molar-refractivity contribution in [1.29, 1.82) is 0 Å². The number of aliphatic carboxylic acids is 1. The highest BCUT2D eigenvalue weighted by Gasteiger charge is 2.03. The Morgan fingerprint density at radius 3 is 2.95 bits per heavy atom. The van der Waals surface area contributed by atoms with Gasteiger partial charge in [0.15, 0.2) is 0 Å². The average Bonchev–Trinajstić information content (AvgIpc) is 3.03. The van der Waals surface area contributed by atoms with E-state index in [1.165, 1.54) is 0 Å². The monoisotopic (exact) mass is 302 g/mol. The van der Waals surface area contributed by atoms with Crippen LogP contribution in [0, 0.1) is 0 Å². The number of aromatic nitrogens is 3. The fourth-order valence-corrected chi connectivity index (χ4v) is 1.76. The summed E-state index contributed by atoms with van der Waals surface area (Å²) in [6.45, 7) is 0.425. The highest BCUT2D eigenvalue weighted by Crippen LogP contribution is 2.11. The number of carboxylic acid groups (broad SMARTS) is 1. The highest BCUT2D eigenvalue weighted by atomic mass is 16.6. The van der Waals surface area contributed by atoms with E-state index in [0.29, 0.717) is 19.4 Å². The van der Waals surface area contributed by atoms with E-state index in [1.807, 2.05) is 24.5 Å². The van der Waals surface area contributed by atoms with Gasteiger partial charge in [0.1, 0.15) is 0 Å². The predicted octanol–water partition coefficient (Wildman–Crippen LogP) is 2.01. The number of nitrogens with one attached hydrogen (secondary N) is 1. The van der Waals surface area contributed by atoms with E-state index < -0.39 is 5.97 Å². The molecular weight excluding hydrogens is 284 g/mol. The standard InChI is InChI=1S/C15H18N4O3/c20-15(21)5-1-2-9-22-18-14(11-19-8-7-17-12-19)13-4-3-6-16-10-13/h3-4,6-8,10-12,18H,1-2,5,9H2,(H,20,21). The van der Waals surface area contributed by atoms with Crippen molar-refractivity contribution in [2.24, 2.45) is 0 Å². The van der Waals surface area contributed by atoms with E-state index >= 15 is 0 Å². The summed E-state index contributed by atoms with van der Waals surface area (Å²) in [5.41, 5.74) is 4.50. The molecule has 0 aliphatic heterocycles. The Labute approximate surface area is 128 Å². The van der Waals surface area contributed by atoms with Gasteiger partial charge in [0.25, 0.3) is 0 Å². The third kappa shape index (κ3) is 5.37. The molecule has 0 amide bonds. The van der Waals surface area contributed by atoms with Crippen LogP contribution < -0.4 is 5.48 Å². The second-order valence-corrected chi connectivity index (χ2v) is 4.60. The number of hydrogen-bond donors (Lipinski definition) is 2. The maximum Gasteiger partial charge on any atom is 0.303 e. The first-order chi connectivity index (χ1) is 10.8. The van der Waals surface area contributed by atoms with Crippen LogP contribution in [-0.2, 0) is 9.63 Å². The van der Waals surface area contributed by atoms with E-state index in [1.54, 1.807) is 29.5 Å². The maximum atomic E-state index is 10.4. The molecule has 2 aromatic rings. The topological polar surface area (TPSA) is 89.3 Å². The van der Waals surface area contributed by atoms with Gasteiger partial charge in [-0.3, -0.25) is 20.1 Å². The molecule has 0 bridgehead atoms. The minimum absolute atomic E-state index is 0.156. The lowest BCUT2D eigenvalue weighted by atomic mass is 10.2. The molecule has 2 aromatic heterocycles. The van der Waals surface area contributed by atoms with Crippen molar-refractivity contribution >= 4 is 17.9 Å². The zero-order valence-electron chi connectivity index (χ0n) is 12.1. The van der Waals surface area contributed by atoms with Crippen molar-refractivity contribution in [2.45, 2.75) is 19.3 Å². The first-order valence-corrected chi connectivity index (χ1v) is 6.95. The van der Waals surface area contributed by atoms with Crippen LogP contribution in [0.25, 0.3) is 11.9 Å². The van der Waals surface area contributed by atoms with Crippen LogP contribution in [0.3, 0.4) is 0 Å². The lowest BCUT2D eigenvalue weighted by Gasteiger charge is -2.11. The van der Waals surface area contributed by atoms with Crippen molar-refractivity contribution < 1.29 is 14.7 Å². The summed E-state index contributed by atoms with van der Waals surface area (Å²) >= 11 is 0. The second-order valence-electron chi connectivity index (χ2n) is 4.60. The molecule has 0 unspecified atom stereocenters. The van der Waals surface area contributed by atoms with Gasteiger partial charge in [-0.25, -0.2) is 4.98 Å².